The molecule has 0 aliphatic heterocycles. The Morgan fingerprint density at radius 2 is 1.92 bits per heavy atom. The number of halogens is 2. The summed E-state index contributed by atoms with van der Waals surface area (Å²) >= 11 is 0. The molecule has 0 amide bonds. The Kier molecular flexibility index (Phi) is 4.20. The van der Waals surface area contributed by atoms with E-state index in [2.05, 4.69) is 15.2 Å². The molecular formula is C19H17F2N5. The quantitative estimate of drug-likeness (QED) is 0.546. The largest absolute Gasteiger partial charge is 0.261 e. The van der Waals surface area contributed by atoms with Crippen molar-refractivity contribution >= 4 is 10.9 Å². The second-order valence-corrected chi connectivity index (χ2v) is 6.28. The van der Waals surface area contributed by atoms with Crippen molar-refractivity contribution in [2.75, 3.05) is 0 Å². The average Bonchev–Trinajstić information content (AvgIpc) is 3.29. The van der Waals surface area contributed by atoms with Gasteiger partial charge in [-0.3, -0.25) is 9.36 Å². The summed E-state index contributed by atoms with van der Waals surface area (Å²) in [5, 5.41) is 9.64. The van der Waals surface area contributed by atoms with Crippen molar-refractivity contribution in [2.24, 2.45) is 0 Å². The molecule has 0 radical (unpaired) electrons. The lowest BCUT2D eigenvalue weighted by Crippen LogP contribution is -2.22. The molecule has 2 aromatic heterocycles. The van der Waals surface area contributed by atoms with Crippen LogP contribution in [0.15, 0.2) is 61.3 Å². The second kappa shape index (κ2) is 6.67. The van der Waals surface area contributed by atoms with Gasteiger partial charge in [-0.1, -0.05) is 24.3 Å². The lowest BCUT2D eigenvalue weighted by atomic mass is 9.91. The van der Waals surface area contributed by atoms with Crippen LogP contribution < -0.4 is 0 Å². The number of aromatic nitrogens is 5. The highest BCUT2D eigenvalue weighted by Crippen LogP contribution is 2.33. The van der Waals surface area contributed by atoms with Crippen LogP contribution in [0.2, 0.25) is 0 Å². The van der Waals surface area contributed by atoms with E-state index in [4.69, 9.17) is 0 Å². The zero-order valence-corrected chi connectivity index (χ0v) is 14.1. The number of hydrogen-bond donors (Lipinski definition) is 0. The number of fused-ring (bicyclic) bond motifs is 1. The number of nitrogens with zero attached hydrogens (tertiary/aromatic N) is 5. The van der Waals surface area contributed by atoms with Crippen molar-refractivity contribution in [1.82, 2.24) is 24.5 Å². The zero-order chi connectivity index (χ0) is 18.1. The van der Waals surface area contributed by atoms with Crippen LogP contribution in [0.4, 0.5) is 8.78 Å². The smallest absolute Gasteiger partial charge is 0.137 e. The molecule has 4 rings (SSSR count). The molecule has 2 heterocycles. The number of hydrogen-bond acceptors (Lipinski definition) is 3. The van der Waals surface area contributed by atoms with Gasteiger partial charge in [-0.05, 0) is 24.6 Å². The van der Waals surface area contributed by atoms with Gasteiger partial charge in [0.05, 0.1) is 24.3 Å². The van der Waals surface area contributed by atoms with Gasteiger partial charge in [0.25, 0.3) is 0 Å². The number of rotatable bonds is 5. The molecule has 7 heteroatoms. The van der Waals surface area contributed by atoms with Crippen LogP contribution in [0, 0.1) is 11.6 Å². The van der Waals surface area contributed by atoms with Gasteiger partial charge in [0, 0.05) is 17.4 Å². The minimum Gasteiger partial charge on any atom is -0.261 e. The summed E-state index contributed by atoms with van der Waals surface area (Å²) in [6, 6.07) is 11.4. The molecule has 2 atom stereocenters. The monoisotopic (exact) mass is 353 g/mol. The SMILES string of the molecule is C[C@H]([C@@H](Cn1cncn1)c1ccc(F)cc1F)n1ncc2ccccc21. The third-order valence-corrected chi connectivity index (χ3v) is 4.69. The summed E-state index contributed by atoms with van der Waals surface area (Å²) in [6.07, 6.45) is 4.81. The first kappa shape index (κ1) is 16.4. The normalized spacial score (nSPS) is 13.8. The Hall–Kier alpha value is -3.09. The Bertz CT molecular complexity index is 1030. The molecule has 0 bridgehead atoms. The molecule has 5 nitrogen and oxygen atoms in total. The molecule has 0 saturated heterocycles. The van der Waals surface area contributed by atoms with Crippen molar-refractivity contribution in [2.45, 2.75) is 25.4 Å². The van der Waals surface area contributed by atoms with Crippen LogP contribution in [0.5, 0.6) is 0 Å². The Morgan fingerprint density at radius 1 is 1.08 bits per heavy atom. The summed E-state index contributed by atoms with van der Waals surface area (Å²) in [6.45, 7) is 2.38. The van der Waals surface area contributed by atoms with E-state index in [1.807, 2.05) is 35.9 Å². The van der Waals surface area contributed by atoms with Crippen LogP contribution in [-0.2, 0) is 6.54 Å². The Morgan fingerprint density at radius 3 is 2.69 bits per heavy atom. The van der Waals surface area contributed by atoms with Gasteiger partial charge in [-0.15, -0.1) is 0 Å². The summed E-state index contributed by atoms with van der Waals surface area (Å²) in [5.41, 5.74) is 1.39. The Labute approximate surface area is 148 Å². The highest BCUT2D eigenvalue weighted by molar-refractivity contribution is 5.78. The lowest BCUT2D eigenvalue weighted by Gasteiger charge is -2.26. The molecule has 4 aromatic rings. The molecule has 132 valence electrons. The van der Waals surface area contributed by atoms with Crippen LogP contribution in [0.3, 0.4) is 0 Å². The molecular weight excluding hydrogens is 336 g/mol. The third kappa shape index (κ3) is 2.96. The van der Waals surface area contributed by atoms with Gasteiger partial charge in [-0.25, -0.2) is 13.8 Å². The molecule has 0 aliphatic rings. The van der Waals surface area contributed by atoms with Crippen LogP contribution in [-0.4, -0.2) is 24.5 Å². The second-order valence-electron chi connectivity index (χ2n) is 6.28. The molecule has 0 aliphatic carbocycles. The van der Waals surface area contributed by atoms with Gasteiger partial charge in [0.1, 0.15) is 24.3 Å². The van der Waals surface area contributed by atoms with Gasteiger partial charge >= 0.3 is 0 Å². The van der Waals surface area contributed by atoms with E-state index >= 15 is 0 Å². The summed E-state index contributed by atoms with van der Waals surface area (Å²) in [4.78, 5) is 3.95. The molecule has 26 heavy (non-hydrogen) atoms. The van der Waals surface area contributed by atoms with E-state index < -0.39 is 11.6 Å². The van der Waals surface area contributed by atoms with Crippen LogP contribution in [0.1, 0.15) is 24.4 Å². The molecule has 0 fully saturated rings. The van der Waals surface area contributed by atoms with Crippen LogP contribution >= 0.6 is 0 Å². The van der Waals surface area contributed by atoms with E-state index in [1.54, 1.807) is 17.2 Å². The van der Waals surface area contributed by atoms with E-state index in [0.29, 0.717) is 12.1 Å². The highest BCUT2D eigenvalue weighted by Gasteiger charge is 2.26. The van der Waals surface area contributed by atoms with Gasteiger partial charge in [0.15, 0.2) is 0 Å². The first-order valence-corrected chi connectivity index (χ1v) is 8.33. The first-order valence-electron chi connectivity index (χ1n) is 8.33. The van der Waals surface area contributed by atoms with Gasteiger partial charge < -0.3 is 0 Å². The maximum absolute atomic E-state index is 14.5. The topological polar surface area (TPSA) is 48.5 Å². The summed E-state index contributed by atoms with van der Waals surface area (Å²) in [7, 11) is 0. The predicted molar refractivity (Wildman–Crippen MR) is 93.6 cm³/mol. The highest BCUT2D eigenvalue weighted by atomic mass is 19.1. The van der Waals surface area contributed by atoms with E-state index in [-0.39, 0.29) is 12.0 Å². The Balaban J connectivity index is 1.79. The predicted octanol–water partition coefficient (Wildman–Crippen LogP) is 3.95. The summed E-state index contributed by atoms with van der Waals surface area (Å²) in [5.74, 6) is -1.47. The molecule has 0 spiro atoms. The first-order chi connectivity index (χ1) is 12.6. The fraction of sp³-hybridized carbons (Fsp3) is 0.211. The van der Waals surface area contributed by atoms with Crippen molar-refractivity contribution in [1.29, 1.82) is 0 Å². The van der Waals surface area contributed by atoms with Crippen LogP contribution in [0.25, 0.3) is 10.9 Å². The van der Waals surface area contributed by atoms with Crippen molar-refractivity contribution < 1.29 is 8.78 Å². The van der Waals surface area contributed by atoms with E-state index in [9.17, 15) is 8.78 Å². The lowest BCUT2D eigenvalue weighted by molar-refractivity contribution is 0.357. The third-order valence-electron chi connectivity index (χ3n) is 4.69. The van der Waals surface area contributed by atoms with Crippen molar-refractivity contribution in [3.8, 4) is 0 Å². The fourth-order valence-corrected chi connectivity index (χ4v) is 3.33. The number of para-hydroxylation sites is 1. The van der Waals surface area contributed by atoms with Gasteiger partial charge in [0.2, 0.25) is 0 Å². The molecule has 0 saturated carbocycles. The average molecular weight is 353 g/mol. The minimum absolute atomic E-state index is 0.181. The molecule has 0 N–H and O–H groups in total. The minimum atomic E-state index is -0.594. The standard InChI is InChI=1S/C19H17F2N5/c1-13(26-19-5-3-2-4-14(19)9-23-26)17(10-25-12-22-11-24-25)16-7-6-15(20)8-18(16)21/h2-9,11-13,17H,10H2,1H3/t13-,17-/m1/s1. The molecule has 2 aromatic carbocycles. The summed E-state index contributed by atoms with van der Waals surface area (Å²) < 4.78 is 31.4. The van der Waals surface area contributed by atoms with Crippen molar-refractivity contribution in [3.05, 3.63) is 78.5 Å². The van der Waals surface area contributed by atoms with E-state index in [1.165, 1.54) is 18.5 Å². The zero-order valence-electron chi connectivity index (χ0n) is 14.1. The fourth-order valence-electron chi connectivity index (χ4n) is 3.33. The number of benzene rings is 2. The molecule has 0 unspecified atom stereocenters. The van der Waals surface area contributed by atoms with Gasteiger partial charge in [-0.2, -0.15) is 10.2 Å². The van der Waals surface area contributed by atoms with E-state index in [0.717, 1.165) is 17.0 Å². The maximum Gasteiger partial charge on any atom is 0.137 e. The maximum atomic E-state index is 14.5. The van der Waals surface area contributed by atoms with Crippen molar-refractivity contribution in [3.63, 3.8) is 0 Å².